The fourth-order valence-electron chi connectivity index (χ4n) is 1.54. The maximum Gasteiger partial charge on any atom is 0.416 e. The molecule has 0 fully saturated rings. The third-order valence-electron chi connectivity index (χ3n) is 2.47. The van der Waals surface area contributed by atoms with Crippen LogP contribution in [0.5, 0.6) is 5.75 Å². The highest BCUT2D eigenvalue weighted by Gasteiger charge is 2.31. The van der Waals surface area contributed by atoms with Gasteiger partial charge in [-0.3, -0.25) is 5.41 Å². The first-order valence-corrected chi connectivity index (χ1v) is 6.33. The van der Waals surface area contributed by atoms with Gasteiger partial charge < -0.3 is 15.2 Å². The molecule has 1 aromatic rings. The van der Waals surface area contributed by atoms with Crippen molar-refractivity contribution in [3.05, 3.63) is 29.3 Å². The first-order chi connectivity index (χ1) is 9.50. The van der Waals surface area contributed by atoms with E-state index in [4.69, 9.17) is 20.6 Å². The highest BCUT2D eigenvalue weighted by Crippen LogP contribution is 2.32. The summed E-state index contributed by atoms with van der Waals surface area (Å²) in [4.78, 5) is 0. The Hall–Kier alpha value is -1.76. The molecule has 0 aliphatic rings. The zero-order valence-corrected chi connectivity index (χ0v) is 12.2. The average Bonchev–Trinajstić information content (AvgIpc) is 2.32. The van der Waals surface area contributed by atoms with Crippen molar-refractivity contribution in [1.29, 1.82) is 5.41 Å². The van der Waals surface area contributed by atoms with E-state index in [9.17, 15) is 13.2 Å². The molecule has 0 aliphatic carbocycles. The molecule has 7 heteroatoms. The molecule has 0 atom stereocenters. The Balaban J connectivity index is 2.81. The van der Waals surface area contributed by atoms with Crippen LogP contribution in [0.2, 0.25) is 0 Å². The number of hydrogen-bond acceptors (Lipinski definition) is 3. The fourth-order valence-corrected chi connectivity index (χ4v) is 1.54. The molecule has 118 valence electrons. The van der Waals surface area contributed by atoms with Crippen LogP contribution < -0.4 is 10.5 Å². The number of ether oxygens (including phenoxy) is 2. The van der Waals surface area contributed by atoms with Gasteiger partial charge in [0, 0.05) is 0 Å². The van der Waals surface area contributed by atoms with E-state index in [1.807, 2.05) is 20.8 Å². The van der Waals surface area contributed by atoms with Gasteiger partial charge in [-0.2, -0.15) is 13.2 Å². The summed E-state index contributed by atoms with van der Waals surface area (Å²) in [6.45, 7) is 6.08. The first-order valence-electron chi connectivity index (χ1n) is 6.33. The smallest absolute Gasteiger partial charge is 0.416 e. The molecule has 0 saturated carbocycles. The summed E-state index contributed by atoms with van der Waals surface area (Å²) >= 11 is 0. The third-order valence-corrected chi connectivity index (χ3v) is 2.47. The Labute approximate surface area is 121 Å². The van der Waals surface area contributed by atoms with Crippen molar-refractivity contribution in [2.45, 2.75) is 32.5 Å². The minimum absolute atomic E-state index is 0.0828. The molecule has 0 bridgehead atoms. The zero-order valence-electron chi connectivity index (χ0n) is 12.2. The van der Waals surface area contributed by atoms with Gasteiger partial charge in [0.2, 0.25) is 0 Å². The number of nitrogen functional groups attached to an aromatic ring is 1. The van der Waals surface area contributed by atoms with Crippen molar-refractivity contribution in [3.63, 3.8) is 0 Å². The summed E-state index contributed by atoms with van der Waals surface area (Å²) in [5, 5.41) is 7.36. The Bertz CT molecular complexity index is 508. The molecule has 0 aromatic heterocycles. The molecule has 1 rings (SSSR count). The van der Waals surface area contributed by atoms with Crippen molar-refractivity contribution in [2.75, 3.05) is 13.2 Å². The standard InChI is InChI=1S/C14H19F3N2O2/c1-13(2,3)21-7-6-20-11-5-4-9(14(15,16)17)8-10(11)12(18)19/h4-5,8H,6-7H2,1-3H3,(H3,18,19). The summed E-state index contributed by atoms with van der Waals surface area (Å²) in [5.41, 5.74) is 4.03. The lowest BCUT2D eigenvalue weighted by Gasteiger charge is -2.20. The van der Waals surface area contributed by atoms with Gasteiger partial charge in [0.1, 0.15) is 18.2 Å². The number of hydrogen-bond donors (Lipinski definition) is 2. The molecular formula is C14H19F3N2O2. The molecule has 0 heterocycles. The molecule has 0 aliphatic heterocycles. The van der Waals surface area contributed by atoms with Crippen LogP contribution in [0.3, 0.4) is 0 Å². The highest BCUT2D eigenvalue weighted by molar-refractivity contribution is 5.97. The van der Waals surface area contributed by atoms with Crippen LogP contribution in [-0.4, -0.2) is 24.7 Å². The monoisotopic (exact) mass is 304 g/mol. The van der Waals surface area contributed by atoms with Crippen molar-refractivity contribution in [2.24, 2.45) is 5.73 Å². The normalized spacial score (nSPS) is 12.3. The summed E-state index contributed by atoms with van der Waals surface area (Å²) in [6.07, 6.45) is -4.49. The second-order valence-electron chi connectivity index (χ2n) is 5.43. The molecule has 1 aromatic carbocycles. The SMILES string of the molecule is CC(C)(C)OCCOc1ccc(C(F)(F)F)cc1C(=N)N. The van der Waals surface area contributed by atoms with Crippen LogP contribution in [0.25, 0.3) is 0 Å². The Morgan fingerprint density at radius 3 is 2.29 bits per heavy atom. The molecule has 21 heavy (non-hydrogen) atoms. The van der Waals surface area contributed by atoms with Gasteiger partial charge in [-0.1, -0.05) is 0 Å². The lowest BCUT2D eigenvalue weighted by atomic mass is 10.1. The quantitative estimate of drug-likeness (QED) is 0.499. The minimum Gasteiger partial charge on any atom is -0.490 e. The molecule has 0 unspecified atom stereocenters. The topological polar surface area (TPSA) is 68.3 Å². The summed E-state index contributed by atoms with van der Waals surface area (Å²) in [5.74, 6) is -0.346. The summed E-state index contributed by atoms with van der Waals surface area (Å²) in [7, 11) is 0. The van der Waals surface area contributed by atoms with Crippen molar-refractivity contribution in [1.82, 2.24) is 0 Å². The van der Waals surface area contributed by atoms with E-state index in [0.717, 1.165) is 18.2 Å². The Morgan fingerprint density at radius 1 is 1.19 bits per heavy atom. The van der Waals surface area contributed by atoms with Crippen molar-refractivity contribution >= 4 is 5.84 Å². The molecule has 0 radical (unpaired) electrons. The Morgan fingerprint density at radius 2 is 1.81 bits per heavy atom. The predicted molar refractivity (Wildman–Crippen MR) is 73.7 cm³/mol. The lowest BCUT2D eigenvalue weighted by molar-refractivity contribution is -0.137. The second kappa shape index (κ2) is 6.34. The summed E-state index contributed by atoms with van der Waals surface area (Å²) < 4.78 is 48.7. The van der Waals surface area contributed by atoms with Crippen LogP contribution in [0.1, 0.15) is 31.9 Å². The van der Waals surface area contributed by atoms with E-state index in [1.165, 1.54) is 0 Å². The molecule has 0 spiro atoms. The third kappa shape index (κ3) is 5.63. The van der Waals surface area contributed by atoms with E-state index in [2.05, 4.69) is 0 Å². The van der Waals surface area contributed by atoms with Crippen molar-refractivity contribution < 1.29 is 22.6 Å². The van der Waals surface area contributed by atoms with Gasteiger partial charge in [-0.15, -0.1) is 0 Å². The van der Waals surface area contributed by atoms with Crippen LogP contribution in [0, 0.1) is 5.41 Å². The van der Waals surface area contributed by atoms with Crippen molar-refractivity contribution in [3.8, 4) is 5.75 Å². The van der Waals surface area contributed by atoms with Gasteiger partial charge >= 0.3 is 6.18 Å². The van der Waals surface area contributed by atoms with Gasteiger partial charge in [0.05, 0.1) is 23.3 Å². The second-order valence-corrected chi connectivity index (χ2v) is 5.43. The van der Waals surface area contributed by atoms with E-state index in [-0.39, 0.29) is 30.1 Å². The predicted octanol–water partition coefficient (Wildman–Crippen LogP) is 3.18. The lowest BCUT2D eigenvalue weighted by Crippen LogP contribution is -2.23. The molecule has 0 amide bonds. The number of rotatable bonds is 5. The molecule has 0 saturated heterocycles. The maximum atomic E-state index is 12.6. The number of nitrogens with one attached hydrogen (secondary N) is 1. The number of amidine groups is 1. The molecular weight excluding hydrogens is 285 g/mol. The number of benzene rings is 1. The van der Waals surface area contributed by atoms with Gasteiger partial charge in [-0.25, -0.2) is 0 Å². The number of nitrogens with two attached hydrogens (primary N) is 1. The van der Waals surface area contributed by atoms with Gasteiger partial charge in [-0.05, 0) is 39.0 Å². The van der Waals surface area contributed by atoms with Crippen LogP contribution in [-0.2, 0) is 10.9 Å². The van der Waals surface area contributed by atoms with E-state index in [0.29, 0.717) is 0 Å². The van der Waals surface area contributed by atoms with E-state index >= 15 is 0 Å². The molecule has 4 nitrogen and oxygen atoms in total. The van der Waals surface area contributed by atoms with Crippen LogP contribution in [0.15, 0.2) is 18.2 Å². The van der Waals surface area contributed by atoms with Crippen LogP contribution in [0.4, 0.5) is 13.2 Å². The zero-order chi connectivity index (χ0) is 16.3. The number of alkyl halides is 3. The van der Waals surface area contributed by atoms with E-state index < -0.39 is 17.6 Å². The van der Waals surface area contributed by atoms with Crippen LogP contribution >= 0.6 is 0 Å². The fraction of sp³-hybridized carbons (Fsp3) is 0.500. The highest BCUT2D eigenvalue weighted by atomic mass is 19.4. The maximum absolute atomic E-state index is 12.6. The summed E-state index contributed by atoms with van der Waals surface area (Å²) in [6, 6.07) is 2.87. The average molecular weight is 304 g/mol. The van der Waals surface area contributed by atoms with Gasteiger partial charge in [0.15, 0.2) is 0 Å². The first kappa shape index (κ1) is 17.3. The molecule has 3 N–H and O–H groups in total. The largest absolute Gasteiger partial charge is 0.490 e. The van der Waals surface area contributed by atoms with E-state index in [1.54, 1.807) is 0 Å². The Kier molecular flexibility index (Phi) is 5.22. The minimum atomic E-state index is -4.49. The van der Waals surface area contributed by atoms with Gasteiger partial charge in [0.25, 0.3) is 0 Å². The number of halogens is 3.